The number of hydrogen-bond acceptors (Lipinski definition) is 10. The molecule has 0 spiro atoms. The van der Waals surface area contributed by atoms with Crippen molar-refractivity contribution in [2.24, 2.45) is 0 Å². The van der Waals surface area contributed by atoms with Gasteiger partial charge in [0.2, 0.25) is 0 Å². The summed E-state index contributed by atoms with van der Waals surface area (Å²) in [4.78, 5) is 36.0. The van der Waals surface area contributed by atoms with Crippen LogP contribution in [0.5, 0.6) is 0 Å². The summed E-state index contributed by atoms with van der Waals surface area (Å²) in [5, 5.41) is 31.5. The minimum absolute atomic E-state index is 0.178. The van der Waals surface area contributed by atoms with Crippen LogP contribution in [0, 0.1) is 17.0 Å². The third-order valence-electron chi connectivity index (χ3n) is 5.12. The average molecular weight is 461 g/mol. The van der Waals surface area contributed by atoms with E-state index >= 15 is 0 Å². The van der Waals surface area contributed by atoms with Crippen LogP contribution in [-0.2, 0) is 18.9 Å². The van der Waals surface area contributed by atoms with Gasteiger partial charge < -0.3 is 29.2 Å². The average Bonchev–Trinajstić information content (AvgIpc) is 2.81. The Hall–Kier alpha value is -3.38. The van der Waals surface area contributed by atoms with Crippen LogP contribution in [0.25, 0.3) is 0 Å². The van der Waals surface area contributed by atoms with E-state index in [1.54, 1.807) is 12.1 Å². The largest absolute Gasteiger partial charge is 0.452 e. The standard InChI is InChI=1S/C22H23NO10/c1-12-7-9-13(10-8-12)20(26)32-18-17(25)16(11-24)31-22(30-2)19(18)33-21(27)14-5-3-4-6-15(14)23(28)29/h3-10,16-19,22,24-25H,11H2,1-2H3/t16?,17-,18-,19?,22+/m0/s1. The molecule has 2 unspecified atom stereocenters. The van der Waals surface area contributed by atoms with Crippen LogP contribution >= 0.6 is 0 Å². The van der Waals surface area contributed by atoms with E-state index in [2.05, 4.69) is 0 Å². The molecule has 33 heavy (non-hydrogen) atoms. The summed E-state index contributed by atoms with van der Waals surface area (Å²) < 4.78 is 21.5. The third kappa shape index (κ3) is 5.34. The minimum atomic E-state index is -1.58. The van der Waals surface area contributed by atoms with Gasteiger partial charge in [-0.25, -0.2) is 9.59 Å². The zero-order valence-corrected chi connectivity index (χ0v) is 17.8. The van der Waals surface area contributed by atoms with Crippen LogP contribution in [0.4, 0.5) is 5.69 Å². The second-order valence-corrected chi connectivity index (χ2v) is 7.33. The number of hydrogen-bond donors (Lipinski definition) is 2. The molecule has 0 aliphatic carbocycles. The van der Waals surface area contributed by atoms with E-state index < -0.39 is 59.9 Å². The lowest BCUT2D eigenvalue weighted by Crippen LogP contribution is -2.61. The van der Waals surface area contributed by atoms with Gasteiger partial charge in [0.15, 0.2) is 18.5 Å². The molecule has 2 N–H and O–H groups in total. The van der Waals surface area contributed by atoms with Gasteiger partial charge in [-0.2, -0.15) is 0 Å². The van der Waals surface area contributed by atoms with Crippen LogP contribution in [0.15, 0.2) is 48.5 Å². The van der Waals surface area contributed by atoms with E-state index in [1.807, 2.05) is 6.92 Å². The molecule has 3 rings (SSSR count). The summed E-state index contributed by atoms with van der Waals surface area (Å²) in [6.45, 7) is 1.20. The number of ether oxygens (including phenoxy) is 4. The maximum Gasteiger partial charge on any atom is 0.345 e. The Kier molecular flexibility index (Phi) is 7.71. The van der Waals surface area contributed by atoms with Crippen molar-refractivity contribution in [1.29, 1.82) is 0 Å². The number of carbonyl (C=O) groups excluding carboxylic acids is 2. The molecule has 11 nitrogen and oxygen atoms in total. The Bertz CT molecular complexity index is 1010. The fourth-order valence-electron chi connectivity index (χ4n) is 3.36. The number of para-hydroxylation sites is 1. The summed E-state index contributed by atoms with van der Waals surface area (Å²) in [5.41, 5.74) is 0.251. The Labute approximate surface area is 188 Å². The van der Waals surface area contributed by atoms with E-state index in [0.717, 1.165) is 11.6 Å². The van der Waals surface area contributed by atoms with Crippen LogP contribution in [0.1, 0.15) is 26.3 Å². The fourth-order valence-corrected chi connectivity index (χ4v) is 3.36. The summed E-state index contributed by atoms with van der Waals surface area (Å²) in [6, 6.07) is 11.6. The third-order valence-corrected chi connectivity index (χ3v) is 5.12. The molecule has 0 amide bonds. The highest BCUT2D eigenvalue weighted by Crippen LogP contribution is 2.29. The molecule has 0 saturated carbocycles. The first-order chi connectivity index (χ1) is 15.8. The highest BCUT2D eigenvalue weighted by molar-refractivity contribution is 5.94. The normalized spacial score (nSPS) is 24.7. The van der Waals surface area contributed by atoms with Crippen molar-refractivity contribution in [2.45, 2.75) is 37.6 Å². The molecule has 0 aromatic heterocycles. The Morgan fingerprint density at radius 2 is 1.70 bits per heavy atom. The molecule has 5 atom stereocenters. The molecular weight excluding hydrogens is 438 g/mol. The van der Waals surface area contributed by atoms with Crippen LogP contribution in [-0.4, -0.2) is 71.5 Å². The maximum atomic E-state index is 12.8. The number of benzene rings is 2. The number of methoxy groups -OCH3 is 1. The minimum Gasteiger partial charge on any atom is -0.452 e. The number of aliphatic hydroxyl groups excluding tert-OH is 2. The zero-order valence-electron chi connectivity index (χ0n) is 17.8. The van der Waals surface area contributed by atoms with Crippen molar-refractivity contribution in [3.05, 3.63) is 75.3 Å². The van der Waals surface area contributed by atoms with E-state index in [-0.39, 0.29) is 11.1 Å². The highest BCUT2D eigenvalue weighted by atomic mass is 16.7. The molecule has 0 radical (unpaired) electrons. The predicted octanol–water partition coefficient (Wildman–Crippen LogP) is 1.38. The van der Waals surface area contributed by atoms with E-state index in [1.165, 1.54) is 37.4 Å². The van der Waals surface area contributed by atoms with Gasteiger partial charge in [-0.05, 0) is 25.1 Å². The number of nitrogens with zero attached hydrogens (tertiary/aromatic N) is 1. The van der Waals surface area contributed by atoms with Crippen molar-refractivity contribution < 1.29 is 43.7 Å². The van der Waals surface area contributed by atoms with Crippen molar-refractivity contribution >= 4 is 17.6 Å². The topological polar surface area (TPSA) is 155 Å². The van der Waals surface area contributed by atoms with Gasteiger partial charge in [-0.1, -0.05) is 29.8 Å². The van der Waals surface area contributed by atoms with E-state index in [4.69, 9.17) is 18.9 Å². The Morgan fingerprint density at radius 1 is 1.06 bits per heavy atom. The highest BCUT2D eigenvalue weighted by Gasteiger charge is 2.50. The number of aliphatic hydroxyl groups is 2. The van der Waals surface area contributed by atoms with Gasteiger partial charge in [0.25, 0.3) is 5.69 Å². The Balaban J connectivity index is 1.91. The predicted molar refractivity (Wildman–Crippen MR) is 111 cm³/mol. The molecule has 1 aliphatic rings. The molecule has 1 heterocycles. The maximum absolute atomic E-state index is 12.8. The summed E-state index contributed by atoms with van der Waals surface area (Å²) in [7, 11) is 1.22. The second kappa shape index (κ2) is 10.5. The van der Waals surface area contributed by atoms with Gasteiger partial charge >= 0.3 is 11.9 Å². The second-order valence-electron chi connectivity index (χ2n) is 7.33. The molecule has 2 aromatic rings. The fraction of sp³-hybridized carbons (Fsp3) is 0.364. The van der Waals surface area contributed by atoms with Crippen LogP contribution in [0.2, 0.25) is 0 Å². The van der Waals surface area contributed by atoms with Gasteiger partial charge in [-0.15, -0.1) is 0 Å². The summed E-state index contributed by atoms with van der Waals surface area (Å²) in [6.07, 6.45) is -7.12. The molecule has 2 aromatic carbocycles. The van der Waals surface area contributed by atoms with Crippen LogP contribution < -0.4 is 0 Å². The number of rotatable bonds is 7. The first-order valence-electron chi connectivity index (χ1n) is 9.96. The first-order valence-corrected chi connectivity index (χ1v) is 9.96. The number of esters is 2. The number of nitro groups is 1. The number of carbonyl (C=O) groups is 2. The van der Waals surface area contributed by atoms with Gasteiger partial charge in [0, 0.05) is 13.2 Å². The lowest BCUT2D eigenvalue weighted by Gasteiger charge is -2.42. The first kappa shape index (κ1) is 24.3. The smallest absolute Gasteiger partial charge is 0.345 e. The molecule has 176 valence electrons. The SMILES string of the molecule is CO[C@@H]1OC(CO)[C@H](O)[C@H](OC(=O)c2ccc(C)cc2)C1OC(=O)c1ccccc1[N+](=O)[O-]. The lowest BCUT2D eigenvalue weighted by molar-refractivity contribution is -0.385. The van der Waals surface area contributed by atoms with Crippen molar-refractivity contribution in [1.82, 2.24) is 0 Å². The molecule has 11 heteroatoms. The van der Waals surface area contributed by atoms with Gasteiger partial charge in [0.05, 0.1) is 17.1 Å². The number of aryl methyl sites for hydroxylation is 1. The van der Waals surface area contributed by atoms with E-state index in [9.17, 15) is 29.9 Å². The summed E-state index contributed by atoms with van der Waals surface area (Å²) in [5.74, 6) is -1.93. The van der Waals surface area contributed by atoms with Crippen LogP contribution in [0.3, 0.4) is 0 Å². The molecule has 1 saturated heterocycles. The zero-order chi connectivity index (χ0) is 24.1. The van der Waals surface area contributed by atoms with Crippen molar-refractivity contribution in [3.8, 4) is 0 Å². The van der Waals surface area contributed by atoms with E-state index in [0.29, 0.717) is 0 Å². The Morgan fingerprint density at radius 3 is 2.30 bits per heavy atom. The molecular formula is C22H23NO10. The molecule has 0 bridgehead atoms. The molecule has 1 fully saturated rings. The lowest BCUT2D eigenvalue weighted by atomic mass is 9.98. The quantitative estimate of drug-likeness (QED) is 0.351. The van der Waals surface area contributed by atoms with Crippen molar-refractivity contribution in [3.63, 3.8) is 0 Å². The van der Waals surface area contributed by atoms with Gasteiger partial charge in [-0.3, -0.25) is 10.1 Å². The summed E-state index contributed by atoms with van der Waals surface area (Å²) >= 11 is 0. The molecule has 1 aliphatic heterocycles. The number of nitro benzene ring substituents is 1. The van der Waals surface area contributed by atoms with Crippen molar-refractivity contribution in [2.75, 3.05) is 13.7 Å². The van der Waals surface area contributed by atoms with Gasteiger partial charge in [0.1, 0.15) is 17.8 Å². The monoisotopic (exact) mass is 461 g/mol.